The predicted molar refractivity (Wildman–Crippen MR) is 106 cm³/mol. The van der Waals surface area contributed by atoms with Gasteiger partial charge in [-0.2, -0.15) is 4.98 Å². The summed E-state index contributed by atoms with van der Waals surface area (Å²) in [6.07, 6.45) is 1.34. The molecule has 28 heavy (non-hydrogen) atoms. The third-order valence-corrected chi connectivity index (χ3v) is 5.98. The molecule has 1 aliphatic carbocycles. The van der Waals surface area contributed by atoms with Gasteiger partial charge < -0.3 is 5.32 Å². The number of Topliss-reactive ketones (excluding diaryl/α,β-unsaturated/α-hetero) is 1. The molecular formula is C19H21N5O3S. The first-order chi connectivity index (χ1) is 13.2. The average molecular weight is 399 g/mol. The maximum atomic E-state index is 12.6. The number of nitro benzene ring substituents is 1. The van der Waals surface area contributed by atoms with Gasteiger partial charge >= 0.3 is 0 Å². The quantitative estimate of drug-likeness (QED) is 0.469. The smallest absolute Gasteiger partial charge is 0.269 e. The number of carbonyl (C=O) groups is 1. The number of benzene rings is 1. The van der Waals surface area contributed by atoms with E-state index in [1.54, 1.807) is 16.8 Å². The summed E-state index contributed by atoms with van der Waals surface area (Å²) in [4.78, 5) is 27.7. The number of aromatic nitrogens is 3. The maximum Gasteiger partial charge on any atom is 0.269 e. The minimum absolute atomic E-state index is 0.0650. The summed E-state index contributed by atoms with van der Waals surface area (Å²) >= 11 is 1.41. The van der Waals surface area contributed by atoms with Crippen LogP contribution in [-0.2, 0) is 10.5 Å². The fourth-order valence-corrected chi connectivity index (χ4v) is 4.59. The molecule has 4 rings (SSSR count). The second-order valence-electron chi connectivity index (χ2n) is 8.01. The number of ketones is 1. The molecule has 1 aliphatic heterocycles. The van der Waals surface area contributed by atoms with Crippen LogP contribution in [0.5, 0.6) is 0 Å². The molecular weight excluding hydrogens is 378 g/mol. The van der Waals surface area contributed by atoms with Crippen LogP contribution >= 0.6 is 11.8 Å². The fourth-order valence-electron chi connectivity index (χ4n) is 3.82. The highest BCUT2D eigenvalue weighted by Crippen LogP contribution is 2.43. The number of carbonyl (C=O) groups excluding carboxylic acids is 1. The summed E-state index contributed by atoms with van der Waals surface area (Å²) in [5.41, 5.74) is 2.59. The Morgan fingerprint density at radius 3 is 2.93 bits per heavy atom. The number of hydrogen-bond acceptors (Lipinski definition) is 7. The Kier molecular flexibility index (Phi) is 4.49. The molecule has 0 bridgehead atoms. The first-order valence-electron chi connectivity index (χ1n) is 9.09. The van der Waals surface area contributed by atoms with Gasteiger partial charge in [0, 0.05) is 35.6 Å². The molecule has 2 aliphatic rings. The molecule has 9 heteroatoms. The molecule has 0 spiro atoms. The second kappa shape index (κ2) is 6.73. The number of hydrogen-bond donors (Lipinski definition) is 1. The zero-order valence-corrected chi connectivity index (χ0v) is 16.7. The number of rotatable bonds is 4. The van der Waals surface area contributed by atoms with Gasteiger partial charge in [0.15, 0.2) is 5.78 Å². The van der Waals surface area contributed by atoms with Crippen LogP contribution in [0.25, 0.3) is 0 Å². The van der Waals surface area contributed by atoms with E-state index in [9.17, 15) is 14.9 Å². The lowest BCUT2D eigenvalue weighted by atomic mass is 9.74. The van der Waals surface area contributed by atoms with Gasteiger partial charge in [0.25, 0.3) is 5.69 Å². The van der Waals surface area contributed by atoms with Gasteiger partial charge in [-0.05, 0) is 24.3 Å². The lowest BCUT2D eigenvalue weighted by Gasteiger charge is -2.36. The minimum atomic E-state index is -0.401. The molecule has 2 aromatic rings. The third kappa shape index (κ3) is 3.42. The van der Waals surface area contributed by atoms with E-state index in [1.807, 2.05) is 13.0 Å². The van der Waals surface area contributed by atoms with E-state index in [0.29, 0.717) is 23.3 Å². The Morgan fingerprint density at radius 1 is 1.39 bits per heavy atom. The summed E-state index contributed by atoms with van der Waals surface area (Å²) < 4.78 is 1.75. The Bertz CT molecular complexity index is 1010. The largest absolute Gasteiger partial charge is 0.328 e. The van der Waals surface area contributed by atoms with Gasteiger partial charge in [0.05, 0.1) is 11.0 Å². The van der Waals surface area contributed by atoms with Crippen LogP contribution in [0.2, 0.25) is 0 Å². The summed E-state index contributed by atoms with van der Waals surface area (Å²) in [6.45, 7) is 6.17. The zero-order chi connectivity index (χ0) is 20.1. The Labute approximate surface area is 166 Å². The van der Waals surface area contributed by atoms with Crippen molar-refractivity contribution in [3.8, 4) is 0 Å². The van der Waals surface area contributed by atoms with Crippen molar-refractivity contribution in [2.75, 3.05) is 5.32 Å². The fraction of sp³-hybridized carbons (Fsp3) is 0.421. The van der Waals surface area contributed by atoms with Crippen LogP contribution in [0.15, 0.2) is 40.7 Å². The SMILES string of the molecule is CC1C2=C(CC(C)(C)CC2=O)Nc2nc(SCc3cccc([N+](=O)[O-])c3)nn21. The van der Waals surface area contributed by atoms with Crippen molar-refractivity contribution < 1.29 is 9.72 Å². The molecule has 1 aromatic heterocycles. The van der Waals surface area contributed by atoms with E-state index in [0.717, 1.165) is 23.3 Å². The Morgan fingerprint density at radius 2 is 2.18 bits per heavy atom. The molecule has 1 N–H and O–H groups in total. The molecule has 8 nitrogen and oxygen atoms in total. The van der Waals surface area contributed by atoms with E-state index >= 15 is 0 Å². The van der Waals surface area contributed by atoms with Crippen LogP contribution in [0.3, 0.4) is 0 Å². The van der Waals surface area contributed by atoms with Crippen LogP contribution in [0, 0.1) is 15.5 Å². The van der Waals surface area contributed by atoms with Crippen molar-refractivity contribution in [1.82, 2.24) is 14.8 Å². The summed E-state index contributed by atoms with van der Waals surface area (Å²) in [5, 5.41) is 19.4. The number of nitrogens with one attached hydrogen (secondary N) is 1. The zero-order valence-electron chi connectivity index (χ0n) is 15.9. The standard InChI is InChI=1S/C19H21N5O3S/c1-11-16-14(8-19(2,3)9-15(16)25)20-17-21-18(22-23(11)17)28-10-12-5-4-6-13(7-12)24(26)27/h4-7,11H,8-10H2,1-3H3,(H,20,21,22). The summed E-state index contributed by atoms with van der Waals surface area (Å²) in [6, 6.07) is 6.40. The lowest BCUT2D eigenvalue weighted by Crippen LogP contribution is -2.35. The van der Waals surface area contributed by atoms with E-state index in [4.69, 9.17) is 0 Å². The van der Waals surface area contributed by atoms with Crippen molar-refractivity contribution in [2.24, 2.45) is 5.41 Å². The summed E-state index contributed by atoms with van der Waals surface area (Å²) in [7, 11) is 0. The van der Waals surface area contributed by atoms with Gasteiger partial charge in [-0.25, -0.2) is 4.68 Å². The predicted octanol–water partition coefficient (Wildman–Crippen LogP) is 4.11. The van der Waals surface area contributed by atoms with Gasteiger partial charge in [0.1, 0.15) is 0 Å². The molecule has 0 saturated carbocycles. The molecule has 0 radical (unpaired) electrons. The van der Waals surface area contributed by atoms with Crippen LogP contribution in [0.1, 0.15) is 45.2 Å². The maximum absolute atomic E-state index is 12.6. The highest BCUT2D eigenvalue weighted by molar-refractivity contribution is 7.98. The van der Waals surface area contributed by atoms with E-state index < -0.39 is 4.92 Å². The first kappa shape index (κ1) is 18.7. The summed E-state index contributed by atoms with van der Waals surface area (Å²) in [5.74, 6) is 1.33. The monoisotopic (exact) mass is 399 g/mol. The van der Waals surface area contributed by atoms with Gasteiger partial charge in [-0.1, -0.05) is 37.7 Å². The van der Waals surface area contributed by atoms with Crippen molar-refractivity contribution in [3.05, 3.63) is 51.2 Å². The van der Waals surface area contributed by atoms with E-state index in [2.05, 4.69) is 29.2 Å². The Balaban J connectivity index is 1.53. The highest BCUT2D eigenvalue weighted by Gasteiger charge is 2.39. The van der Waals surface area contributed by atoms with Crippen LogP contribution in [0.4, 0.5) is 11.6 Å². The number of fused-ring (bicyclic) bond motifs is 1. The number of nitrogens with zero attached hydrogens (tertiary/aromatic N) is 4. The van der Waals surface area contributed by atoms with Gasteiger partial charge in [0.2, 0.25) is 11.1 Å². The van der Waals surface area contributed by atoms with Crippen molar-refractivity contribution in [1.29, 1.82) is 0 Å². The van der Waals surface area contributed by atoms with E-state index in [1.165, 1.54) is 17.8 Å². The minimum Gasteiger partial charge on any atom is -0.328 e. The highest BCUT2D eigenvalue weighted by atomic mass is 32.2. The molecule has 1 aromatic carbocycles. The molecule has 0 saturated heterocycles. The molecule has 1 atom stereocenters. The lowest BCUT2D eigenvalue weighted by molar-refractivity contribution is -0.384. The molecule has 0 fully saturated rings. The molecule has 0 amide bonds. The normalized spacial score (nSPS) is 20.4. The van der Waals surface area contributed by atoms with Gasteiger partial charge in [-0.15, -0.1) is 5.10 Å². The number of thioether (sulfide) groups is 1. The first-order valence-corrected chi connectivity index (χ1v) is 10.1. The molecule has 146 valence electrons. The van der Waals surface area contributed by atoms with Crippen molar-refractivity contribution in [3.63, 3.8) is 0 Å². The number of allylic oxidation sites excluding steroid dienone is 2. The number of non-ortho nitro benzene ring substituents is 1. The van der Waals surface area contributed by atoms with Crippen molar-refractivity contribution >= 4 is 29.2 Å². The van der Waals surface area contributed by atoms with Gasteiger partial charge in [-0.3, -0.25) is 14.9 Å². The van der Waals surface area contributed by atoms with Crippen LogP contribution < -0.4 is 5.32 Å². The molecule has 2 heterocycles. The number of anilines is 1. The third-order valence-electron chi connectivity index (χ3n) is 5.07. The second-order valence-corrected chi connectivity index (χ2v) is 8.95. The Hall–Kier alpha value is -2.68. The molecule has 1 unspecified atom stereocenters. The topological polar surface area (TPSA) is 103 Å². The number of nitro groups is 1. The average Bonchev–Trinajstić information content (AvgIpc) is 3.02. The van der Waals surface area contributed by atoms with Crippen LogP contribution in [-0.4, -0.2) is 25.5 Å². The van der Waals surface area contributed by atoms with E-state index in [-0.39, 0.29) is 22.9 Å². The van der Waals surface area contributed by atoms with Crippen molar-refractivity contribution in [2.45, 2.75) is 50.6 Å².